The fourth-order valence-corrected chi connectivity index (χ4v) is 1.65. The van der Waals surface area contributed by atoms with Crippen LogP contribution in [0.1, 0.15) is 31.9 Å². The second kappa shape index (κ2) is 7.24. The van der Waals surface area contributed by atoms with Crippen LogP contribution in [-0.2, 0) is 17.5 Å². The van der Waals surface area contributed by atoms with E-state index in [0.29, 0.717) is 5.56 Å². The van der Waals surface area contributed by atoms with E-state index in [4.69, 9.17) is 4.74 Å². The van der Waals surface area contributed by atoms with Crippen molar-refractivity contribution < 1.29 is 23.0 Å². The first-order valence-electron chi connectivity index (χ1n) is 6.77. The summed E-state index contributed by atoms with van der Waals surface area (Å²) in [4.78, 5) is 0. The molecule has 0 heterocycles. The Bertz CT molecular complexity index is 441. The maximum Gasteiger partial charge on any atom is 0.416 e. The number of alkyl halides is 3. The van der Waals surface area contributed by atoms with Crippen molar-refractivity contribution in [3.05, 3.63) is 35.4 Å². The van der Waals surface area contributed by atoms with Gasteiger partial charge >= 0.3 is 6.18 Å². The average Bonchev–Trinajstić information content (AvgIpc) is 2.35. The predicted octanol–water partition coefficient (Wildman–Crippen LogP) is 2.97. The molecule has 0 saturated heterocycles. The van der Waals surface area contributed by atoms with Crippen molar-refractivity contribution in [2.75, 3.05) is 13.2 Å². The SMILES string of the molecule is CC(C)(C)OCC(O)CNCc1cccc(C(F)(F)F)c1. The molecule has 6 heteroatoms. The molecule has 1 rings (SSSR count). The Balaban J connectivity index is 2.39. The fourth-order valence-electron chi connectivity index (χ4n) is 1.65. The van der Waals surface area contributed by atoms with E-state index in [1.165, 1.54) is 6.07 Å². The van der Waals surface area contributed by atoms with E-state index in [1.54, 1.807) is 6.07 Å². The van der Waals surface area contributed by atoms with Crippen LogP contribution in [0.2, 0.25) is 0 Å². The van der Waals surface area contributed by atoms with Gasteiger partial charge in [-0.1, -0.05) is 18.2 Å². The van der Waals surface area contributed by atoms with Crippen LogP contribution in [0.3, 0.4) is 0 Å². The molecule has 3 nitrogen and oxygen atoms in total. The van der Waals surface area contributed by atoms with Crippen LogP contribution in [0.4, 0.5) is 13.2 Å². The van der Waals surface area contributed by atoms with Crippen LogP contribution >= 0.6 is 0 Å². The Labute approximate surface area is 123 Å². The minimum atomic E-state index is -4.34. The molecule has 0 aliphatic carbocycles. The Hall–Kier alpha value is -1.11. The molecule has 0 bridgehead atoms. The molecule has 120 valence electrons. The van der Waals surface area contributed by atoms with Gasteiger partial charge in [0, 0.05) is 13.1 Å². The summed E-state index contributed by atoms with van der Waals surface area (Å²) in [6, 6.07) is 5.12. The first-order valence-corrected chi connectivity index (χ1v) is 6.77. The summed E-state index contributed by atoms with van der Waals surface area (Å²) in [5.41, 5.74) is -0.477. The molecule has 0 aliphatic rings. The van der Waals surface area contributed by atoms with Gasteiger partial charge in [-0.25, -0.2) is 0 Å². The number of benzene rings is 1. The topological polar surface area (TPSA) is 41.5 Å². The van der Waals surface area contributed by atoms with Crippen LogP contribution in [0.15, 0.2) is 24.3 Å². The van der Waals surface area contributed by atoms with E-state index in [1.807, 2.05) is 20.8 Å². The molecule has 1 unspecified atom stereocenters. The summed E-state index contributed by atoms with van der Waals surface area (Å²) in [5, 5.41) is 12.6. The first kappa shape index (κ1) is 17.9. The van der Waals surface area contributed by atoms with Crippen molar-refractivity contribution in [3.63, 3.8) is 0 Å². The highest BCUT2D eigenvalue weighted by Crippen LogP contribution is 2.29. The first-order chi connectivity index (χ1) is 9.58. The number of aliphatic hydroxyl groups excluding tert-OH is 1. The highest BCUT2D eigenvalue weighted by Gasteiger charge is 2.30. The molecule has 0 fully saturated rings. The lowest BCUT2D eigenvalue weighted by molar-refractivity contribution is -0.137. The van der Waals surface area contributed by atoms with Gasteiger partial charge in [0.25, 0.3) is 0 Å². The van der Waals surface area contributed by atoms with Gasteiger partial charge in [0.2, 0.25) is 0 Å². The second-order valence-corrected chi connectivity index (χ2v) is 5.91. The van der Waals surface area contributed by atoms with Crippen LogP contribution in [0.5, 0.6) is 0 Å². The van der Waals surface area contributed by atoms with Gasteiger partial charge in [0.05, 0.1) is 23.9 Å². The molecule has 0 aliphatic heterocycles. The molecule has 2 N–H and O–H groups in total. The number of ether oxygens (including phenoxy) is 1. The molecular formula is C15H22F3NO2. The molecule has 0 aromatic heterocycles. The molecule has 0 spiro atoms. The highest BCUT2D eigenvalue weighted by molar-refractivity contribution is 5.25. The lowest BCUT2D eigenvalue weighted by Crippen LogP contribution is -2.33. The molecular weight excluding hydrogens is 283 g/mol. The van der Waals surface area contributed by atoms with Gasteiger partial charge in [0.15, 0.2) is 0 Å². The van der Waals surface area contributed by atoms with Gasteiger partial charge < -0.3 is 15.2 Å². The van der Waals surface area contributed by atoms with Gasteiger partial charge in [-0.3, -0.25) is 0 Å². The second-order valence-electron chi connectivity index (χ2n) is 5.91. The van der Waals surface area contributed by atoms with Crippen LogP contribution in [0, 0.1) is 0 Å². The van der Waals surface area contributed by atoms with E-state index < -0.39 is 17.8 Å². The van der Waals surface area contributed by atoms with Crippen LogP contribution < -0.4 is 5.32 Å². The monoisotopic (exact) mass is 305 g/mol. The zero-order valence-electron chi connectivity index (χ0n) is 12.5. The standard InChI is InChI=1S/C15H22F3NO2/c1-14(2,3)21-10-13(20)9-19-8-11-5-4-6-12(7-11)15(16,17)18/h4-7,13,19-20H,8-10H2,1-3H3. The highest BCUT2D eigenvalue weighted by atomic mass is 19.4. The number of halogens is 3. The lowest BCUT2D eigenvalue weighted by atomic mass is 10.1. The molecule has 0 saturated carbocycles. The van der Waals surface area contributed by atoms with Crippen molar-refractivity contribution in [3.8, 4) is 0 Å². The molecule has 1 aromatic carbocycles. The zero-order valence-corrected chi connectivity index (χ0v) is 12.5. The summed E-state index contributed by atoms with van der Waals surface area (Å²) in [5.74, 6) is 0. The van der Waals surface area contributed by atoms with Crippen LogP contribution in [0.25, 0.3) is 0 Å². The number of hydrogen-bond donors (Lipinski definition) is 2. The van der Waals surface area contributed by atoms with E-state index in [2.05, 4.69) is 5.32 Å². The molecule has 1 aromatic rings. The van der Waals surface area contributed by atoms with Gasteiger partial charge in [0.1, 0.15) is 0 Å². The number of hydrogen-bond acceptors (Lipinski definition) is 3. The van der Waals surface area contributed by atoms with Crippen LogP contribution in [-0.4, -0.2) is 30.0 Å². The number of aliphatic hydroxyl groups is 1. The number of nitrogens with one attached hydrogen (secondary N) is 1. The third-order valence-corrected chi connectivity index (χ3v) is 2.67. The molecule has 0 radical (unpaired) electrons. The Morgan fingerprint density at radius 1 is 1.24 bits per heavy atom. The third-order valence-electron chi connectivity index (χ3n) is 2.67. The van der Waals surface area contributed by atoms with E-state index >= 15 is 0 Å². The Kier molecular flexibility index (Phi) is 6.19. The molecule has 1 atom stereocenters. The summed E-state index contributed by atoms with van der Waals surface area (Å²) in [6.07, 6.45) is -5.04. The molecule has 21 heavy (non-hydrogen) atoms. The summed E-state index contributed by atoms with van der Waals surface area (Å²) >= 11 is 0. The van der Waals surface area contributed by atoms with E-state index in [9.17, 15) is 18.3 Å². The lowest BCUT2D eigenvalue weighted by Gasteiger charge is -2.22. The number of rotatable bonds is 6. The minimum absolute atomic E-state index is 0.180. The van der Waals surface area contributed by atoms with E-state index in [0.717, 1.165) is 12.1 Å². The zero-order chi connectivity index (χ0) is 16.1. The smallest absolute Gasteiger partial charge is 0.389 e. The fraction of sp³-hybridized carbons (Fsp3) is 0.600. The van der Waals surface area contributed by atoms with Gasteiger partial charge in [-0.2, -0.15) is 13.2 Å². The summed E-state index contributed by atoms with van der Waals surface area (Å²) in [6.45, 7) is 6.35. The quantitative estimate of drug-likeness (QED) is 0.849. The van der Waals surface area contributed by atoms with Gasteiger partial charge in [-0.15, -0.1) is 0 Å². The van der Waals surface area contributed by atoms with Crippen molar-refractivity contribution in [1.82, 2.24) is 5.32 Å². The van der Waals surface area contributed by atoms with Crippen molar-refractivity contribution in [2.24, 2.45) is 0 Å². The largest absolute Gasteiger partial charge is 0.416 e. The molecule has 0 amide bonds. The van der Waals surface area contributed by atoms with Crippen molar-refractivity contribution >= 4 is 0 Å². The minimum Gasteiger partial charge on any atom is -0.389 e. The third kappa shape index (κ3) is 7.45. The summed E-state index contributed by atoms with van der Waals surface area (Å²) in [7, 11) is 0. The maximum atomic E-state index is 12.6. The van der Waals surface area contributed by atoms with E-state index in [-0.39, 0.29) is 25.3 Å². The Morgan fingerprint density at radius 2 is 1.90 bits per heavy atom. The van der Waals surface area contributed by atoms with Gasteiger partial charge in [-0.05, 0) is 32.4 Å². The normalized spacial score (nSPS) is 14.2. The predicted molar refractivity (Wildman–Crippen MR) is 74.9 cm³/mol. The summed E-state index contributed by atoms with van der Waals surface area (Å²) < 4.78 is 43.1. The maximum absolute atomic E-state index is 12.6. The van der Waals surface area contributed by atoms with Crippen molar-refractivity contribution in [2.45, 2.75) is 45.2 Å². The average molecular weight is 305 g/mol. The Morgan fingerprint density at radius 3 is 2.48 bits per heavy atom. The van der Waals surface area contributed by atoms with Crippen molar-refractivity contribution in [1.29, 1.82) is 0 Å².